The minimum Gasteiger partial charge on any atom is -0.392 e. The number of anilines is 1. The average molecular weight is 408 g/mol. The van der Waals surface area contributed by atoms with Crippen LogP contribution in [0.15, 0.2) is 30.3 Å². The molecule has 2 aromatic carbocycles. The molecule has 0 aliphatic carbocycles. The van der Waals surface area contributed by atoms with Gasteiger partial charge >= 0.3 is 5.69 Å². The number of hydrogen-bond acceptors (Lipinski definition) is 7. The van der Waals surface area contributed by atoms with Gasteiger partial charge in [-0.1, -0.05) is 29.8 Å². The van der Waals surface area contributed by atoms with Crippen LogP contribution in [0.3, 0.4) is 0 Å². The number of halogens is 1. The predicted molar refractivity (Wildman–Crippen MR) is 103 cm³/mol. The Hall–Kier alpha value is -2.75. The number of hydrogen-bond donors (Lipinski definition) is 1. The molecule has 1 fully saturated rings. The molecule has 1 aliphatic heterocycles. The first-order valence-corrected chi connectivity index (χ1v) is 8.90. The van der Waals surface area contributed by atoms with Crippen LogP contribution in [0.2, 0.25) is 5.02 Å². The van der Waals surface area contributed by atoms with Gasteiger partial charge in [-0.05, 0) is 18.6 Å². The number of aliphatic hydroxyl groups is 1. The van der Waals surface area contributed by atoms with E-state index in [0.29, 0.717) is 10.6 Å². The summed E-state index contributed by atoms with van der Waals surface area (Å²) in [5, 5.41) is 33.4. The highest BCUT2D eigenvalue weighted by Crippen LogP contribution is 2.43. The highest BCUT2D eigenvalue weighted by atomic mass is 35.5. The van der Waals surface area contributed by atoms with Gasteiger partial charge in [-0.25, -0.2) is 0 Å². The van der Waals surface area contributed by atoms with Crippen molar-refractivity contribution in [2.75, 3.05) is 24.6 Å². The van der Waals surface area contributed by atoms with Crippen LogP contribution in [-0.2, 0) is 11.3 Å². The van der Waals surface area contributed by atoms with E-state index in [-0.39, 0.29) is 42.2 Å². The van der Waals surface area contributed by atoms with Crippen molar-refractivity contribution in [3.05, 3.63) is 72.3 Å². The first-order valence-electron chi connectivity index (χ1n) is 8.52. The van der Waals surface area contributed by atoms with E-state index in [1.54, 1.807) is 29.2 Å². The van der Waals surface area contributed by atoms with Gasteiger partial charge in [0.1, 0.15) is 6.10 Å². The number of aliphatic hydroxyl groups excluding tert-OH is 1. The third kappa shape index (κ3) is 3.64. The Labute approximate surface area is 165 Å². The first kappa shape index (κ1) is 20.0. The summed E-state index contributed by atoms with van der Waals surface area (Å²) in [6.45, 7) is 1.59. The summed E-state index contributed by atoms with van der Waals surface area (Å²) in [5.74, 6) is 0. The van der Waals surface area contributed by atoms with Crippen molar-refractivity contribution in [3.63, 3.8) is 0 Å². The van der Waals surface area contributed by atoms with Crippen molar-refractivity contribution < 1.29 is 19.7 Å². The van der Waals surface area contributed by atoms with Gasteiger partial charge in [0.15, 0.2) is 5.69 Å². The number of nitro groups is 2. The molecule has 1 saturated heterocycles. The van der Waals surface area contributed by atoms with E-state index in [9.17, 15) is 25.3 Å². The predicted octanol–water partition coefficient (Wildman–Crippen LogP) is 3.54. The molecule has 3 rings (SSSR count). The molecule has 0 bridgehead atoms. The first-order chi connectivity index (χ1) is 13.3. The number of ether oxygens (including phenoxy) is 1. The number of nitro benzene ring substituents is 2. The SMILES string of the molecule is Cc1c(CO)cc([N+](=O)[O-])c(N2CCOC(c3ccccc3Cl)C2)c1[N+](=O)[O-]. The molecule has 1 N–H and O–H groups in total. The van der Waals surface area contributed by atoms with Crippen LogP contribution in [-0.4, -0.2) is 34.6 Å². The fourth-order valence-corrected chi connectivity index (χ4v) is 3.67. The molecule has 0 amide bonds. The van der Waals surface area contributed by atoms with Crippen LogP contribution < -0.4 is 4.90 Å². The fourth-order valence-electron chi connectivity index (χ4n) is 3.41. The Bertz CT molecular complexity index is 936. The van der Waals surface area contributed by atoms with Crippen LogP contribution in [0, 0.1) is 27.2 Å². The van der Waals surface area contributed by atoms with Gasteiger partial charge in [-0.15, -0.1) is 0 Å². The number of benzene rings is 2. The van der Waals surface area contributed by atoms with Crippen molar-refractivity contribution >= 4 is 28.7 Å². The van der Waals surface area contributed by atoms with Gasteiger partial charge in [-0.3, -0.25) is 20.2 Å². The molecule has 0 aromatic heterocycles. The van der Waals surface area contributed by atoms with E-state index in [1.165, 1.54) is 13.0 Å². The molecule has 1 unspecified atom stereocenters. The lowest BCUT2D eigenvalue weighted by Gasteiger charge is -2.34. The second kappa shape index (κ2) is 8.09. The molecule has 2 aromatic rings. The molecule has 9 nitrogen and oxygen atoms in total. The Kier molecular flexibility index (Phi) is 5.78. The lowest BCUT2D eigenvalue weighted by molar-refractivity contribution is -0.393. The molecule has 10 heteroatoms. The van der Waals surface area contributed by atoms with E-state index in [2.05, 4.69) is 0 Å². The molecule has 1 aliphatic rings. The Morgan fingerprint density at radius 1 is 1.29 bits per heavy atom. The van der Waals surface area contributed by atoms with Crippen molar-refractivity contribution in [2.24, 2.45) is 0 Å². The standard InChI is InChI=1S/C18H18ClN3O6/c1-11-12(10-23)8-15(21(24)25)18(17(11)22(26)27)20-6-7-28-16(9-20)13-4-2-3-5-14(13)19/h2-5,8,16,23H,6-7,9-10H2,1H3. The average Bonchev–Trinajstić information content (AvgIpc) is 2.67. The summed E-state index contributed by atoms with van der Waals surface area (Å²) in [4.78, 5) is 23.7. The number of rotatable bonds is 5. The molecule has 28 heavy (non-hydrogen) atoms. The minimum atomic E-state index is -0.666. The fraction of sp³-hybridized carbons (Fsp3) is 0.333. The second-order valence-corrected chi connectivity index (χ2v) is 6.78. The van der Waals surface area contributed by atoms with Gasteiger partial charge < -0.3 is 14.7 Å². The lowest BCUT2D eigenvalue weighted by Crippen LogP contribution is -2.39. The highest BCUT2D eigenvalue weighted by molar-refractivity contribution is 6.31. The number of nitrogens with zero attached hydrogens (tertiary/aromatic N) is 3. The van der Waals surface area contributed by atoms with E-state index in [4.69, 9.17) is 16.3 Å². The van der Waals surface area contributed by atoms with Crippen LogP contribution in [0.5, 0.6) is 0 Å². The van der Waals surface area contributed by atoms with E-state index in [1.807, 2.05) is 0 Å². The van der Waals surface area contributed by atoms with Gasteiger partial charge in [0, 0.05) is 35.3 Å². The third-order valence-electron chi connectivity index (χ3n) is 4.80. The second-order valence-electron chi connectivity index (χ2n) is 6.38. The summed E-state index contributed by atoms with van der Waals surface area (Å²) < 4.78 is 5.77. The summed E-state index contributed by atoms with van der Waals surface area (Å²) in [6.07, 6.45) is -0.487. The van der Waals surface area contributed by atoms with Crippen LogP contribution >= 0.6 is 11.6 Å². The monoisotopic (exact) mass is 407 g/mol. The quantitative estimate of drug-likeness (QED) is 0.594. The van der Waals surface area contributed by atoms with Gasteiger partial charge in [0.2, 0.25) is 0 Å². The maximum atomic E-state index is 11.8. The van der Waals surface area contributed by atoms with Gasteiger partial charge in [0.05, 0.1) is 23.1 Å². The van der Waals surface area contributed by atoms with Gasteiger partial charge in [-0.2, -0.15) is 0 Å². The zero-order valence-corrected chi connectivity index (χ0v) is 15.8. The summed E-state index contributed by atoms with van der Waals surface area (Å²) in [6, 6.07) is 8.27. The molecule has 0 spiro atoms. The molecule has 1 atom stereocenters. The van der Waals surface area contributed by atoms with Crippen LogP contribution in [0.4, 0.5) is 17.1 Å². The zero-order chi connectivity index (χ0) is 20.4. The van der Waals surface area contributed by atoms with E-state index >= 15 is 0 Å². The van der Waals surface area contributed by atoms with E-state index in [0.717, 1.165) is 0 Å². The van der Waals surface area contributed by atoms with Crippen LogP contribution in [0.25, 0.3) is 0 Å². The number of morpholine rings is 1. The Morgan fingerprint density at radius 2 is 2.00 bits per heavy atom. The molecular weight excluding hydrogens is 390 g/mol. The van der Waals surface area contributed by atoms with E-state index < -0.39 is 28.2 Å². The highest BCUT2D eigenvalue weighted by Gasteiger charge is 2.36. The van der Waals surface area contributed by atoms with Crippen molar-refractivity contribution in [3.8, 4) is 0 Å². The topological polar surface area (TPSA) is 119 Å². The molecule has 0 saturated carbocycles. The van der Waals surface area contributed by atoms with Crippen LogP contribution in [0.1, 0.15) is 22.8 Å². The summed E-state index contributed by atoms with van der Waals surface area (Å²) in [7, 11) is 0. The summed E-state index contributed by atoms with van der Waals surface area (Å²) in [5.41, 5.74) is 0.194. The molecular formula is C18H18ClN3O6. The van der Waals surface area contributed by atoms with Gasteiger partial charge in [0.25, 0.3) is 5.69 Å². The maximum absolute atomic E-state index is 11.8. The largest absolute Gasteiger partial charge is 0.392 e. The lowest BCUT2D eigenvalue weighted by atomic mass is 10.0. The molecule has 1 heterocycles. The van der Waals surface area contributed by atoms with Crippen molar-refractivity contribution in [1.82, 2.24) is 0 Å². The van der Waals surface area contributed by atoms with Crippen molar-refractivity contribution in [1.29, 1.82) is 0 Å². The molecule has 0 radical (unpaired) electrons. The Balaban J connectivity index is 2.11. The third-order valence-corrected chi connectivity index (χ3v) is 5.14. The maximum Gasteiger partial charge on any atom is 0.302 e. The summed E-state index contributed by atoms with van der Waals surface area (Å²) >= 11 is 6.24. The smallest absolute Gasteiger partial charge is 0.302 e. The van der Waals surface area contributed by atoms with Crippen molar-refractivity contribution in [2.45, 2.75) is 19.6 Å². The minimum absolute atomic E-state index is 0.0787. The normalized spacial score (nSPS) is 16.8. The molecule has 148 valence electrons. The Morgan fingerprint density at radius 3 is 2.61 bits per heavy atom. The zero-order valence-electron chi connectivity index (χ0n) is 15.0.